The summed E-state index contributed by atoms with van der Waals surface area (Å²) in [4.78, 5) is 12.0. The topological polar surface area (TPSA) is 61.4 Å². The molecule has 4 nitrogen and oxygen atoms in total. The van der Waals surface area contributed by atoms with Gasteiger partial charge in [-0.2, -0.15) is 0 Å². The largest absolute Gasteiger partial charge is 0.396 e. The zero-order valence-electron chi connectivity index (χ0n) is 11.1. The van der Waals surface area contributed by atoms with Gasteiger partial charge in [-0.15, -0.1) is 0 Å². The van der Waals surface area contributed by atoms with E-state index in [4.69, 9.17) is 5.11 Å². The fourth-order valence-electron chi connectivity index (χ4n) is 2.39. The highest BCUT2D eigenvalue weighted by molar-refractivity contribution is 5.82. The number of hydrogen-bond acceptors (Lipinski definition) is 3. The van der Waals surface area contributed by atoms with E-state index < -0.39 is 0 Å². The molecule has 0 aromatic heterocycles. The van der Waals surface area contributed by atoms with Crippen LogP contribution in [0.1, 0.15) is 46.0 Å². The van der Waals surface area contributed by atoms with Crippen molar-refractivity contribution in [3.8, 4) is 0 Å². The van der Waals surface area contributed by atoms with Crippen LogP contribution in [0.2, 0.25) is 0 Å². The zero-order valence-corrected chi connectivity index (χ0v) is 11.1. The minimum Gasteiger partial charge on any atom is -0.396 e. The molecule has 1 amide bonds. The van der Waals surface area contributed by atoms with Gasteiger partial charge in [-0.05, 0) is 44.1 Å². The summed E-state index contributed by atoms with van der Waals surface area (Å²) in [6, 6.07) is -0.0610. The van der Waals surface area contributed by atoms with Gasteiger partial charge >= 0.3 is 0 Å². The third-order valence-corrected chi connectivity index (χ3v) is 3.52. The van der Waals surface area contributed by atoms with E-state index in [-0.39, 0.29) is 24.0 Å². The molecule has 100 valence electrons. The highest BCUT2D eigenvalue weighted by Crippen LogP contribution is 2.29. The lowest BCUT2D eigenvalue weighted by Gasteiger charge is -2.38. The minimum atomic E-state index is -0.0610. The summed E-state index contributed by atoms with van der Waals surface area (Å²) < 4.78 is 0. The molecular weight excluding hydrogens is 216 g/mol. The molecule has 0 spiro atoms. The monoisotopic (exact) mass is 242 g/mol. The quantitative estimate of drug-likeness (QED) is 0.610. The second-order valence-electron chi connectivity index (χ2n) is 5.55. The van der Waals surface area contributed by atoms with Crippen LogP contribution >= 0.6 is 0 Å². The molecule has 1 unspecified atom stereocenters. The lowest BCUT2D eigenvalue weighted by atomic mass is 9.77. The third-order valence-electron chi connectivity index (χ3n) is 3.52. The molecule has 1 aliphatic rings. The molecule has 0 saturated carbocycles. The molecule has 3 N–H and O–H groups in total. The number of carbonyl (C=O) groups is 1. The molecule has 17 heavy (non-hydrogen) atoms. The van der Waals surface area contributed by atoms with Gasteiger partial charge in [0, 0.05) is 13.2 Å². The fraction of sp³-hybridized carbons (Fsp3) is 0.923. The van der Waals surface area contributed by atoms with Crippen molar-refractivity contribution in [3.05, 3.63) is 0 Å². The van der Waals surface area contributed by atoms with Crippen molar-refractivity contribution in [3.63, 3.8) is 0 Å². The average Bonchev–Trinajstić information content (AvgIpc) is 2.28. The van der Waals surface area contributed by atoms with E-state index in [2.05, 4.69) is 24.5 Å². The molecule has 0 radical (unpaired) electrons. The van der Waals surface area contributed by atoms with Crippen LogP contribution in [0.4, 0.5) is 0 Å². The van der Waals surface area contributed by atoms with E-state index in [1.807, 2.05) is 0 Å². The van der Waals surface area contributed by atoms with E-state index in [9.17, 15) is 4.79 Å². The number of amides is 1. The lowest BCUT2D eigenvalue weighted by Crippen LogP contribution is -2.55. The molecule has 1 heterocycles. The Morgan fingerprint density at radius 3 is 2.82 bits per heavy atom. The Balaban J connectivity index is 2.26. The number of aliphatic hydroxyl groups is 1. The van der Waals surface area contributed by atoms with Crippen LogP contribution in [-0.2, 0) is 4.79 Å². The summed E-state index contributed by atoms with van der Waals surface area (Å²) in [7, 11) is 0. The van der Waals surface area contributed by atoms with Gasteiger partial charge in [-0.1, -0.05) is 13.8 Å². The van der Waals surface area contributed by atoms with E-state index >= 15 is 0 Å². The minimum absolute atomic E-state index is 0.0490. The van der Waals surface area contributed by atoms with Gasteiger partial charge in [0.05, 0.1) is 6.04 Å². The lowest BCUT2D eigenvalue weighted by molar-refractivity contribution is -0.126. The smallest absolute Gasteiger partial charge is 0.237 e. The van der Waals surface area contributed by atoms with Gasteiger partial charge in [-0.25, -0.2) is 0 Å². The predicted octanol–water partition coefficient (Wildman–Crippen LogP) is 1.04. The van der Waals surface area contributed by atoms with E-state index in [0.29, 0.717) is 6.54 Å². The van der Waals surface area contributed by atoms with Crippen LogP contribution in [-0.4, -0.2) is 36.8 Å². The Morgan fingerprint density at radius 2 is 2.18 bits per heavy atom. The second-order valence-corrected chi connectivity index (χ2v) is 5.55. The first-order valence-corrected chi connectivity index (χ1v) is 6.70. The third kappa shape index (κ3) is 4.64. The summed E-state index contributed by atoms with van der Waals surface area (Å²) >= 11 is 0. The fourth-order valence-corrected chi connectivity index (χ4v) is 2.39. The summed E-state index contributed by atoms with van der Waals surface area (Å²) in [5, 5.41) is 14.9. The van der Waals surface area contributed by atoms with Gasteiger partial charge < -0.3 is 15.7 Å². The predicted molar refractivity (Wildman–Crippen MR) is 68.8 cm³/mol. The normalized spacial score (nSPS) is 23.4. The second kappa shape index (κ2) is 6.97. The summed E-state index contributed by atoms with van der Waals surface area (Å²) in [5.41, 5.74) is 0.0490. The Kier molecular flexibility index (Phi) is 5.92. The van der Waals surface area contributed by atoms with Crippen LogP contribution < -0.4 is 10.6 Å². The van der Waals surface area contributed by atoms with Crippen LogP contribution in [0.5, 0.6) is 0 Å². The Bertz CT molecular complexity index is 242. The summed E-state index contributed by atoms with van der Waals surface area (Å²) in [5.74, 6) is 0.124. The first-order chi connectivity index (χ1) is 8.08. The van der Waals surface area contributed by atoms with Crippen LogP contribution in [0.3, 0.4) is 0 Å². The standard InChI is InChI=1S/C13H26N2O2/c1-13(2)7-6-9-14-11(13)12(17)15-8-4-3-5-10-16/h11,14,16H,3-10H2,1-2H3,(H,15,17). The van der Waals surface area contributed by atoms with Gasteiger partial charge in [0.1, 0.15) is 0 Å². The molecule has 4 heteroatoms. The number of rotatable bonds is 6. The number of hydrogen-bond donors (Lipinski definition) is 3. The zero-order chi connectivity index (χ0) is 12.7. The maximum Gasteiger partial charge on any atom is 0.237 e. The number of piperidine rings is 1. The number of aliphatic hydroxyl groups excluding tert-OH is 1. The number of carbonyl (C=O) groups excluding carboxylic acids is 1. The first kappa shape index (κ1) is 14.5. The van der Waals surface area contributed by atoms with Crippen molar-refractivity contribution in [2.45, 2.75) is 52.0 Å². The molecule has 0 aromatic rings. The van der Waals surface area contributed by atoms with E-state index in [1.54, 1.807) is 0 Å². The van der Waals surface area contributed by atoms with Crippen molar-refractivity contribution in [1.29, 1.82) is 0 Å². The van der Waals surface area contributed by atoms with E-state index in [1.165, 1.54) is 0 Å². The Hall–Kier alpha value is -0.610. The van der Waals surface area contributed by atoms with Crippen molar-refractivity contribution >= 4 is 5.91 Å². The van der Waals surface area contributed by atoms with Gasteiger partial charge in [-0.3, -0.25) is 4.79 Å². The van der Waals surface area contributed by atoms with Gasteiger partial charge in [0.15, 0.2) is 0 Å². The Labute approximate surface area is 104 Å². The molecule has 1 saturated heterocycles. The van der Waals surface area contributed by atoms with Crippen molar-refractivity contribution in [2.24, 2.45) is 5.41 Å². The van der Waals surface area contributed by atoms with Gasteiger partial charge in [0.2, 0.25) is 5.91 Å². The molecule has 1 atom stereocenters. The highest BCUT2D eigenvalue weighted by Gasteiger charge is 2.36. The van der Waals surface area contributed by atoms with Crippen molar-refractivity contribution in [1.82, 2.24) is 10.6 Å². The first-order valence-electron chi connectivity index (χ1n) is 6.70. The van der Waals surface area contributed by atoms with Crippen LogP contribution in [0, 0.1) is 5.41 Å². The van der Waals surface area contributed by atoms with Gasteiger partial charge in [0.25, 0.3) is 0 Å². The maximum atomic E-state index is 12.0. The maximum absolute atomic E-state index is 12.0. The molecule has 1 aliphatic heterocycles. The van der Waals surface area contributed by atoms with E-state index in [0.717, 1.165) is 38.6 Å². The number of nitrogens with one attached hydrogen (secondary N) is 2. The molecule has 0 aliphatic carbocycles. The summed E-state index contributed by atoms with van der Waals surface area (Å²) in [6.45, 7) is 6.19. The average molecular weight is 242 g/mol. The molecular formula is C13H26N2O2. The highest BCUT2D eigenvalue weighted by atomic mass is 16.2. The molecule has 1 fully saturated rings. The summed E-state index contributed by atoms with van der Waals surface area (Å²) in [6.07, 6.45) is 4.98. The van der Waals surface area contributed by atoms with Crippen LogP contribution in [0.25, 0.3) is 0 Å². The van der Waals surface area contributed by atoms with Crippen LogP contribution in [0.15, 0.2) is 0 Å². The van der Waals surface area contributed by atoms with Crippen molar-refractivity contribution in [2.75, 3.05) is 19.7 Å². The SMILES string of the molecule is CC1(C)CCCNC1C(=O)NCCCCCO. The molecule has 0 bridgehead atoms. The number of unbranched alkanes of at least 4 members (excludes halogenated alkanes) is 2. The molecule has 1 rings (SSSR count). The molecule has 0 aromatic carbocycles. The Morgan fingerprint density at radius 1 is 1.41 bits per heavy atom. The van der Waals surface area contributed by atoms with Crippen molar-refractivity contribution < 1.29 is 9.90 Å².